The van der Waals surface area contributed by atoms with Crippen LogP contribution in [0.1, 0.15) is 36.7 Å². The van der Waals surface area contributed by atoms with Gasteiger partial charge in [-0.1, -0.05) is 25.1 Å². The lowest BCUT2D eigenvalue weighted by Gasteiger charge is -2.34. The number of carbonyl (C=O) groups excluding carboxylic acids is 1. The smallest absolute Gasteiger partial charge is 0.290 e. The minimum absolute atomic E-state index is 0.0494. The molecule has 0 unspecified atom stereocenters. The van der Waals surface area contributed by atoms with Crippen LogP contribution >= 0.6 is 0 Å². The van der Waals surface area contributed by atoms with Crippen LogP contribution in [0, 0.1) is 0 Å². The maximum Gasteiger partial charge on any atom is 0.290 e. The molecule has 0 bridgehead atoms. The van der Waals surface area contributed by atoms with Crippen LogP contribution in [0.15, 0.2) is 46.9 Å². The Kier molecular flexibility index (Phi) is 5.54. The molecule has 5 heteroatoms. The van der Waals surface area contributed by atoms with E-state index < -0.39 is 0 Å². The molecule has 2 aromatic rings. The fourth-order valence-corrected chi connectivity index (χ4v) is 3.05. The summed E-state index contributed by atoms with van der Waals surface area (Å²) in [5.74, 6) is 1.32. The number of nitrogens with one attached hydrogen (secondary N) is 1. The first-order valence-electron chi connectivity index (χ1n) is 8.62. The van der Waals surface area contributed by atoms with Gasteiger partial charge in [0, 0.05) is 18.7 Å². The van der Waals surface area contributed by atoms with Crippen LogP contribution in [0.3, 0.4) is 0 Å². The number of rotatable bonds is 6. The first-order chi connectivity index (χ1) is 11.8. The molecule has 1 fully saturated rings. The van der Waals surface area contributed by atoms with Crippen molar-refractivity contribution in [2.24, 2.45) is 0 Å². The molecule has 5 nitrogen and oxygen atoms in total. The van der Waals surface area contributed by atoms with Crippen molar-refractivity contribution in [1.29, 1.82) is 0 Å². The predicted molar refractivity (Wildman–Crippen MR) is 92.4 cm³/mol. The predicted octanol–water partition coefficient (Wildman–Crippen LogP) is 3.68. The molecule has 128 valence electrons. The van der Waals surface area contributed by atoms with E-state index in [1.165, 1.54) is 0 Å². The molecular formula is C19H24N2O3. The van der Waals surface area contributed by atoms with Crippen LogP contribution in [-0.2, 0) is 0 Å². The van der Waals surface area contributed by atoms with Crippen LogP contribution < -0.4 is 10.1 Å². The summed E-state index contributed by atoms with van der Waals surface area (Å²) in [6.45, 7) is 4.75. The Bertz CT molecular complexity index is 648. The van der Waals surface area contributed by atoms with Gasteiger partial charge in [0.2, 0.25) is 0 Å². The van der Waals surface area contributed by atoms with Crippen molar-refractivity contribution in [3.8, 4) is 11.7 Å². The van der Waals surface area contributed by atoms with Crippen molar-refractivity contribution in [1.82, 2.24) is 10.2 Å². The maximum atomic E-state index is 12.9. The van der Waals surface area contributed by atoms with Crippen molar-refractivity contribution < 1.29 is 13.9 Å². The Labute approximate surface area is 142 Å². The first kappa shape index (κ1) is 16.6. The van der Waals surface area contributed by atoms with Gasteiger partial charge in [0.25, 0.3) is 11.9 Å². The number of benzene rings is 1. The Hall–Kier alpha value is -2.27. The minimum Gasteiger partial charge on any atom is -0.426 e. The summed E-state index contributed by atoms with van der Waals surface area (Å²) in [5.41, 5.74) is 0. The Morgan fingerprint density at radius 3 is 2.67 bits per heavy atom. The van der Waals surface area contributed by atoms with E-state index in [1.807, 2.05) is 35.2 Å². The van der Waals surface area contributed by atoms with Gasteiger partial charge in [0.05, 0.1) is 0 Å². The second kappa shape index (κ2) is 8.02. The Morgan fingerprint density at radius 1 is 1.21 bits per heavy atom. The van der Waals surface area contributed by atoms with E-state index in [9.17, 15) is 4.79 Å². The van der Waals surface area contributed by atoms with Gasteiger partial charge in [-0.05, 0) is 50.6 Å². The van der Waals surface area contributed by atoms with Gasteiger partial charge in [0.1, 0.15) is 5.75 Å². The molecule has 2 heterocycles. The van der Waals surface area contributed by atoms with E-state index >= 15 is 0 Å². The number of hydrogen-bond donors (Lipinski definition) is 1. The molecule has 0 atom stereocenters. The molecular weight excluding hydrogens is 304 g/mol. The largest absolute Gasteiger partial charge is 0.426 e. The van der Waals surface area contributed by atoms with E-state index in [0.29, 0.717) is 17.5 Å². The van der Waals surface area contributed by atoms with Gasteiger partial charge >= 0.3 is 0 Å². The average molecular weight is 328 g/mol. The molecule has 1 aromatic heterocycles. The molecule has 24 heavy (non-hydrogen) atoms. The lowest BCUT2D eigenvalue weighted by atomic mass is 10.0. The summed E-state index contributed by atoms with van der Waals surface area (Å²) >= 11 is 0. The molecule has 1 aromatic carbocycles. The fourth-order valence-electron chi connectivity index (χ4n) is 3.05. The lowest BCUT2D eigenvalue weighted by Crippen LogP contribution is -2.46. The quantitative estimate of drug-likeness (QED) is 0.879. The molecule has 1 aliphatic rings. The maximum absolute atomic E-state index is 12.9. The van der Waals surface area contributed by atoms with E-state index in [0.717, 1.165) is 38.9 Å². The Morgan fingerprint density at radius 2 is 1.96 bits per heavy atom. The topological polar surface area (TPSA) is 54.7 Å². The highest BCUT2D eigenvalue weighted by atomic mass is 16.6. The van der Waals surface area contributed by atoms with Gasteiger partial charge in [-0.15, -0.1) is 0 Å². The molecule has 0 aliphatic carbocycles. The number of amides is 1. The standard InChI is InChI=1S/C19H24N2O3/c1-2-14-21(15-10-12-20-13-11-15)19(22)17-8-9-18(24-17)23-16-6-4-3-5-7-16/h3-9,15,20H,2,10-14H2,1H3. The summed E-state index contributed by atoms with van der Waals surface area (Å²) in [6, 6.07) is 13.1. The minimum atomic E-state index is -0.0494. The summed E-state index contributed by atoms with van der Waals surface area (Å²) in [7, 11) is 0. The third-order valence-corrected chi connectivity index (χ3v) is 4.23. The van der Waals surface area contributed by atoms with Crippen LogP contribution in [0.2, 0.25) is 0 Å². The van der Waals surface area contributed by atoms with Crippen molar-refractivity contribution in [2.45, 2.75) is 32.2 Å². The van der Waals surface area contributed by atoms with Crippen molar-refractivity contribution >= 4 is 5.91 Å². The van der Waals surface area contributed by atoms with E-state index in [-0.39, 0.29) is 11.9 Å². The van der Waals surface area contributed by atoms with Crippen molar-refractivity contribution in [3.05, 3.63) is 48.2 Å². The number of furan rings is 1. The molecule has 1 N–H and O–H groups in total. The van der Waals surface area contributed by atoms with Gasteiger partial charge < -0.3 is 19.4 Å². The lowest BCUT2D eigenvalue weighted by molar-refractivity contribution is 0.0605. The molecule has 0 spiro atoms. The van der Waals surface area contributed by atoms with Gasteiger partial charge in [-0.25, -0.2) is 0 Å². The molecule has 3 rings (SSSR count). The summed E-state index contributed by atoms with van der Waals surface area (Å²) in [4.78, 5) is 14.8. The average Bonchev–Trinajstić information content (AvgIpc) is 3.09. The number of piperidine rings is 1. The van der Waals surface area contributed by atoms with Crippen LogP contribution in [0.4, 0.5) is 0 Å². The van der Waals surface area contributed by atoms with Crippen LogP contribution in [0.5, 0.6) is 11.7 Å². The van der Waals surface area contributed by atoms with Crippen molar-refractivity contribution in [2.75, 3.05) is 19.6 Å². The zero-order valence-electron chi connectivity index (χ0n) is 14.0. The number of hydrogen-bond acceptors (Lipinski definition) is 4. The summed E-state index contributed by atoms with van der Waals surface area (Å²) in [6.07, 6.45) is 2.91. The van der Waals surface area contributed by atoms with Crippen LogP contribution in [0.25, 0.3) is 0 Å². The highest BCUT2D eigenvalue weighted by Gasteiger charge is 2.27. The van der Waals surface area contributed by atoms with Gasteiger partial charge in [-0.2, -0.15) is 0 Å². The molecule has 0 radical (unpaired) electrons. The Balaban J connectivity index is 1.70. The van der Waals surface area contributed by atoms with E-state index in [1.54, 1.807) is 12.1 Å². The highest BCUT2D eigenvalue weighted by Crippen LogP contribution is 2.25. The summed E-state index contributed by atoms with van der Waals surface area (Å²) < 4.78 is 11.3. The van der Waals surface area contributed by atoms with E-state index in [2.05, 4.69) is 12.2 Å². The number of ether oxygens (including phenoxy) is 1. The first-order valence-corrected chi connectivity index (χ1v) is 8.62. The molecule has 0 saturated carbocycles. The zero-order valence-corrected chi connectivity index (χ0v) is 14.0. The third kappa shape index (κ3) is 3.97. The SMILES string of the molecule is CCCN(C(=O)c1ccc(Oc2ccccc2)o1)C1CCNCC1. The molecule has 1 amide bonds. The van der Waals surface area contributed by atoms with Gasteiger partial charge in [-0.3, -0.25) is 4.79 Å². The van der Waals surface area contributed by atoms with E-state index in [4.69, 9.17) is 9.15 Å². The fraction of sp³-hybridized carbons (Fsp3) is 0.421. The normalized spacial score (nSPS) is 15.2. The third-order valence-electron chi connectivity index (χ3n) is 4.23. The zero-order chi connectivity index (χ0) is 16.8. The monoisotopic (exact) mass is 328 g/mol. The van der Waals surface area contributed by atoms with Gasteiger partial charge in [0.15, 0.2) is 5.76 Å². The highest BCUT2D eigenvalue weighted by molar-refractivity contribution is 5.91. The second-order valence-electron chi connectivity index (χ2n) is 6.01. The summed E-state index contributed by atoms with van der Waals surface area (Å²) in [5, 5.41) is 3.34. The molecule has 1 aliphatic heterocycles. The number of nitrogens with zero attached hydrogens (tertiary/aromatic N) is 1. The second-order valence-corrected chi connectivity index (χ2v) is 6.01. The van der Waals surface area contributed by atoms with Crippen molar-refractivity contribution in [3.63, 3.8) is 0 Å². The number of para-hydroxylation sites is 1. The molecule has 1 saturated heterocycles. The number of carbonyl (C=O) groups is 1. The van der Waals surface area contributed by atoms with Crippen LogP contribution in [-0.4, -0.2) is 36.5 Å².